The van der Waals surface area contributed by atoms with Crippen molar-refractivity contribution in [1.29, 1.82) is 0 Å². The maximum Gasteiger partial charge on any atom is 0.240 e. The Balaban J connectivity index is 2.81. The first-order chi connectivity index (χ1) is 10.5. The first kappa shape index (κ1) is 20.1. The van der Waals surface area contributed by atoms with Crippen molar-refractivity contribution in [2.45, 2.75) is 45.1 Å². The molecule has 1 unspecified atom stereocenters. The second-order valence-electron chi connectivity index (χ2n) is 5.77. The van der Waals surface area contributed by atoms with Crippen LogP contribution < -0.4 is 4.72 Å². The Morgan fingerprint density at radius 3 is 2.22 bits per heavy atom. The zero-order chi connectivity index (χ0) is 17.8. The van der Waals surface area contributed by atoms with E-state index in [1.165, 1.54) is 4.31 Å². The van der Waals surface area contributed by atoms with E-state index in [1.807, 2.05) is 20.8 Å². The first-order valence-electron chi connectivity index (χ1n) is 7.52. The summed E-state index contributed by atoms with van der Waals surface area (Å²) in [5.41, 5.74) is 1.91. The molecule has 1 N–H and O–H groups in total. The van der Waals surface area contributed by atoms with Crippen LogP contribution in [0.2, 0.25) is 0 Å². The van der Waals surface area contributed by atoms with Crippen molar-refractivity contribution in [2.75, 3.05) is 19.3 Å². The van der Waals surface area contributed by atoms with Crippen LogP contribution in [-0.2, 0) is 20.0 Å². The molecular formula is C15H26N2O4S2. The Morgan fingerprint density at radius 2 is 1.74 bits per heavy atom. The number of nitrogens with zero attached hydrogens (tertiary/aromatic N) is 1. The summed E-state index contributed by atoms with van der Waals surface area (Å²) in [5.74, 6) is 0. The molecule has 0 heterocycles. The largest absolute Gasteiger partial charge is 0.240 e. The maximum atomic E-state index is 12.3. The van der Waals surface area contributed by atoms with Gasteiger partial charge >= 0.3 is 0 Å². The predicted molar refractivity (Wildman–Crippen MR) is 92.4 cm³/mol. The fourth-order valence-corrected chi connectivity index (χ4v) is 4.50. The molecule has 0 aliphatic heterocycles. The lowest BCUT2D eigenvalue weighted by Gasteiger charge is -2.25. The Labute approximate surface area is 140 Å². The summed E-state index contributed by atoms with van der Waals surface area (Å²) in [6.45, 7) is 7.60. The van der Waals surface area contributed by atoms with Crippen LogP contribution in [0.5, 0.6) is 0 Å². The van der Waals surface area contributed by atoms with Crippen molar-refractivity contribution in [1.82, 2.24) is 9.03 Å². The molecule has 132 valence electrons. The van der Waals surface area contributed by atoms with E-state index in [1.54, 1.807) is 25.1 Å². The van der Waals surface area contributed by atoms with Gasteiger partial charge in [-0.25, -0.2) is 21.6 Å². The van der Waals surface area contributed by atoms with Gasteiger partial charge in [-0.15, -0.1) is 0 Å². The minimum absolute atomic E-state index is 0.0344. The number of aryl methyl sites for hydroxylation is 2. The Kier molecular flexibility index (Phi) is 6.76. The highest BCUT2D eigenvalue weighted by Gasteiger charge is 2.22. The number of rotatable bonds is 8. The van der Waals surface area contributed by atoms with E-state index in [0.717, 1.165) is 17.4 Å². The van der Waals surface area contributed by atoms with E-state index in [2.05, 4.69) is 4.72 Å². The molecule has 1 aromatic rings. The smallest absolute Gasteiger partial charge is 0.212 e. The molecule has 23 heavy (non-hydrogen) atoms. The minimum Gasteiger partial charge on any atom is -0.212 e. The topological polar surface area (TPSA) is 83.6 Å². The highest BCUT2D eigenvalue weighted by atomic mass is 32.2. The monoisotopic (exact) mass is 362 g/mol. The van der Waals surface area contributed by atoms with Crippen molar-refractivity contribution in [2.24, 2.45) is 0 Å². The molecule has 1 aromatic carbocycles. The minimum atomic E-state index is -3.64. The van der Waals surface area contributed by atoms with Crippen molar-refractivity contribution >= 4 is 20.0 Å². The highest BCUT2D eigenvalue weighted by molar-refractivity contribution is 7.89. The number of sulfonamides is 2. The van der Waals surface area contributed by atoms with Crippen molar-refractivity contribution < 1.29 is 16.8 Å². The zero-order valence-corrected chi connectivity index (χ0v) is 16.0. The van der Waals surface area contributed by atoms with E-state index in [-0.39, 0.29) is 24.0 Å². The summed E-state index contributed by atoms with van der Waals surface area (Å²) in [5, 5.41) is 0. The van der Waals surface area contributed by atoms with Crippen LogP contribution in [0.15, 0.2) is 23.1 Å². The third-order valence-corrected chi connectivity index (χ3v) is 6.77. The van der Waals surface area contributed by atoms with Crippen LogP contribution in [0.1, 0.15) is 31.4 Å². The number of nitrogens with one attached hydrogen (secondary N) is 1. The van der Waals surface area contributed by atoms with Crippen LogP contribution in [0, 0.1) is 13.8 Å². The second-order valence-corrected chi connectivity index (χ2v) is 9.48. The van der Waals surface area contributed by atoms with Crippen LogP contribution in [0.4, 0.5) is 0 Å². The molecule has 0 aliphatic rings. The quantitative estimate of drug-likeness (QED) is 0.762. The van der Waals surface area contributed by atoms with Gasteiger partial charge in [0.15, 0.2) is 0 Å². The van der Waals surface area contributed by atoms with Gasteiger partial charge in [0, 0.05) is 19.1 Å². The van der Waals surface area contributed by atoms with Crippen LogP contribution in [-0.4, -0.2) is 46.5 Å². The van der Waals surface area contributed by atoms with Gasteiger partial charge in [0.1, 0.15) is 0 Å². The molecule has 0 saturated carbocycles. The molecule has 0 aliphatic carbocycles. The molecule has 0 fully saturated rings. The summed E-state index contributed by atoms with van der Waals surface area (Å²) < 4.78 is 51.9. The van der Waals surface area contributed by atoms with E-state index >= 15 is 0 Å². The van der Waals surface area contributed by atoms with Gasteiger partial charge in [-0.05, 0) is 50.5 Å². The highest BCUT2D eigenvalue weighted by Crippen LogP contribution is 2.14. The maximum absolute atomic E-state index is 12.3. The third-order valence-electron chi connectivity index (χ3n) is 3.92. The lowest BCUT2D eigenvalue weighted by molar-refractivity contribution is 0.335. The van der Waals surface area contributed by atoms with Gasteiger partial charge in [0.05, 0.1) is 11.2 Å². The van der Waals surface area contributed by atoms with Gasteiger partial charge in [-0.3, -0.25) is 0 Å². The van der Waals surface area contributed by atoms with Gasteiger partial charge in [0.2, 0.25) is 20.0 Å². The molecule has 0 aromatic heterocycles. The first-order valence-corrected chi connectivity index (χ1v) is 10.9. The van der Waals surface area contributed by atoms with Crippen molar-refractivity contribution in [3.8, 4) is 0 Å². The Morgan fingerprint density at radius 1 is 1.13 bits per heavy atom. The normalized spacial score (nSPS) is 14.2. The lowest BCUT2D eigenvalue weighted by Crippen LogP contribution is -2.42. The lowest BCUT2D eigenvalue weighted by atomic mass is 10.1. The zero-order valence-electron chi connectivity index (χ0n) is 14.3. The fraction of sp³-hybridized carbons (Fsp3) is 0.600. The molecule has 1 atom stereocenters. The van der Waals surface area contributed by atoms with Crippen LogP contribution in [0.25, 0.3) is 0 Å². The molecule has 0 saturated heterocycles. The van der Waals surface area contributed by atoms with Gasteiger partial charge in [0.25, 0.3) is 0 Å². The Hall–Kier alpha value is -0.960. The van der Waals surface area contributed by atoms with Crippen molar-refractivity contribution in [3.05, 3.63) is 29.3 Å². The third kappa shape index (κ3) is 5.56. The average molecular weight is 363 g/mol. The second kappa shape index (κ2) is 7.74. The molecule has 1 rings (SSSR count). The SMILES string of the molecule is CCC(C)N(CCNS(=O)(=O)c1ccc(C)c(C)c1)S(C)(=O)=O. The molecule has 6 nitrogen and oxygen atoms in total. The summed E-state index contributed by atoms with van der Waals surface area (Å²) in [6.07, 6.45) is 1.80. The van der Waals surface area contributed by atoms with Gasteiger partial charge in [-0.2, -0.15) is 4.31 Å². The van der Waals surface area contributed by atoms with E-state index in [4.69, 9.17) is 0 Å². The average Bonchev–Trinajstić information content (AvgIpc) is 2.44. The fourth-order valence-electron chi connectivity index (χ4n) is 2.17. The van der Waals surface area contributed by atoms with E-state index in [0.29, 0.717) is 6.42 Å². The van der Waals surface area contributed by atoms with Crippen LogP contribution in [0.3, 0.4) is 0 Å². The standard InChI is InChI=1S/C15H26N2O4S2/c1-6-14(4)17(22(5,18)19)10-9-16-23(20,21)15-8-7-12(2)13(3)11-15/h7-8,11,14,16H,6,9-10H2,1-5H3. The number of benzene rings is 1. The number of hydrogen-bond donors (Lipinski definition) is 1. The molecule has 0 amide bonds. The summed E-state index contributed by atoms with van der Waals surface area (Å²) in [6, 6.07) is 4.75. The molecule has 0 radical (unpaired) electrons. The van der Waals surface area contributed by atoms with Crippen LogP contribution >= 0.6 is 0 Å². The molecule has 0 spiro atoms. The summed E-state index contributed by atoms with van der Waals surface area (Å²) >= 11 is 0. The van der Waals surface area contributed by atoms with Crippen molar-refractivity contribution in [3.63, 3.8) is 0 Å². The van der Waals surface area contributed by atoms with E-state index in [9.17, 15) is 16.8 Å². The van der Waals surface area contributed by atoms with Gasteiger partial charge < -0.3 is 0 Å². The van der Waals surface area contributed by atoms with E-state index < -0.39 is 20.0 Å². The molecule has 0 bridgehead atoms. The summed E-state index contributed by atoms with van der Waals surface area (Å²) in [7, 11) is -7.02. The predicted octanol–water partition coefficient (Wildman–Crippen LogP) is 1.64. The molecular weight excluding hydrogens is 336 g/mol. The number of hydrogen-bond acceptors (Lipinski definition) is 4. The molecule has 8 heteroatoms. The van der Waals surface area contributed by atoms with Gasteiger partial charge in [-0.1, -0.05) is 13.0 Å². The summed E-state index contributed by atoms with van der Waals surface area (Å²) in [4.78, 5) is 0.190. The Bertz CT molecular complexity index is 743.